The lowest BCUT2D eigenvalue weighted by Gasteiger charge is -2.20. The molecule has 0 saturated heterocycles. The highest BCUT2D eigenvalue weighted by Gasteiger charge is 2.32. The van der Waals surface area contributed by atoms with Crippen LogP contribution < -0.4 is 4.90 Å². The molecule has 0 amide bonds. The molecular formula is C16H20N2OS2. The summed E-state index contributed by atoms with van der Waals surface area (Å²) in [5, 5.41) is 3.13. The molecule has 1 atom stereocenters. The largest absolute Gasteiger partial charge is 0.340 e. The van der Waals surface area contributed by atoms with E-state index in [0.717, 1.165) is 35.0 Å². The highest BCUT2D eigenvalue weighted by atomic mass is 32.1. The van der Waals surface area contributed by atoms with Crippen LogP contribution in [0.5, 0.6) is 0 Å². The van der Waals surface area contributed by atoms with Gasteiger partial charge in [-0.15, -0.1) is 11.3 Å². The van der Waals surface area contributed by atoms with Gasteiger partial charge in [-0.25, -0.2) is 4.98 Å². The van der Waals surface area contributed by atoms with E-state index in [1.807, 2.05) is 0 Å². The normalized spacial score (nSPS) is 15.9. The quantitative estimate of drug-likeness (QED) is 0.693. The van der Waals surface area contributed by atoms with Gasteiger partial charge in [-0.05, 0) is 36.6 Å². The minimum Gasteiger partial charge on any atom is -0.340 e. The number of hydrogen-bond donors (Lipinski definition) is 0. The number of carbonyl (C=O) groups is 1. The molecule has 5 heteroatoms. The number of aldehydes is 1. The lowest BCUT2D eigenvalue weighted by Crippen LogP contribution is -2.24. The molecule has 0 aromatic carbocycles. The lowest BCUT2D eigenvalue weighted by atomic mass is 10.0. The summed E-state index contributed by atoms with van der Waals surface area (Å²) < 4.78 is 0. The van der Waals surface area contributed by atoms with Gasteiger partial charge in [0.1, 0.15) is 0 Å². The zero-order valence-electron chi connectivity index (χ0n) is 12.4. The molecule has 1 aliphatic carbocycles. The molecule has 0 N–H and O–H groups in total. The number of nitrogens with zero attached hydrogens (tertiary/aromatic N) is 2. The van der Waals surface area contributed by atoms with Crippen molar-refractivity contribution in [3.05, 3.63) is 33.0 Å². The predicted molar refractivity (Wildman–Crippen MR) is 89.7 cm³/mol. The molecular weight excluding hydrogens is 300 g/mol. The van der Waals surface area contributed by atoms with Crippen molar-refractivity contribution in [1.82, 2.24) is 4.98 Å². The standard InChI is InChI=1S/C16H20N2OS2/c1-3-11(2)15-14(10-19)21-16(17-15)18(12-6-7-12)9-13-5-4-8-20-13/h4-5,8,10-12H,3,6-7,9H2,1-2H3. The maximum Gasteiger partial charge on any atom is 0.186 e. The summed E-state index contributed by atoms with van der Waals surface area (Å²) in [4.78, 5) is 20.7. The number of rotatable bonds is 7. The van der Waals surface area contributed by atoms with Gasteiger partial charge in [-0.3, -0.25) is 4.79 Å². The van der Waals surface area contributed by atoms with Gasteiger partial charge in [0.05, 0.1) is 17.1 Å². The smallest absolute Gasteiger partial charge is 0.186 e. The zero-order chi connectivity index (χ0) is 14.8. The third-order valence-corrected chi connectivity index (χ3v) is 5.89. The average molecular weight is 320 g/mol. The summed E-state index contributed by atoms with van der Waals surface area (Å²) in [6, 6.07) is 4.86. The molecule has 0 bridgehead atoms. The first-order valence-corrected chi connectivity index (χ1v) is 9.17. The second-order valence-corrected chi connectivity index (χ2v) is 7.65. The van der Waals surface area contributed by atoms with Crippen LogP contribution in [0.25, 0.3) is 0 Å². The monoisotopic (exact) mass is 320 g/mol. The fraction of sp³-hybridized carbons (Fsp3) is 0.500. The molecule has 3 nitrogen and oxygen atoms in total. The molecule has 2 aromatic rings. The minimum absolute atomic E-state index is 0.345. The van der Waals surface area contributed by atoms with Crippen molar-refractivity contribution in [3.8, 4) is 0 Å². The van der Waals surface area contributed by atoms with E-state index in [4.69, 9.17) is 4.98 Å². The van der Waals surface area contributed by atoms with Crippen molar-refractivity contribution in [2.75, 3.05) is 4.90 Å². The van der Waals surface area contributed by atoms with E-state index in [1.165, 1.54) is 17.7 Å². The molecule has 0 spiro atoms. The van der Waals surface area contributed by atoms with E-state index >= 15 is 0 Å². The number of carbonyl (C=O) groups excluding carboxylic acids is 1. The molecule has 2 aromatic heterocycles. The topological polar surface area (TPSA) is 33.2 Å². The average Bonchev–Trinajstić information content (AvgIpc) is 3.04. The maximum absolute atomic E-state index is 11.3. The van der Waals surface area contributed by atoms with Crippen LogP contribution in [0.3, 0.4) is 0 Å². The Hall–Kier alpha value is -1.20. The van der Waals surface area contributed by atoms with E-state index in [1.54, 1.807) is 22.7 Å². The van der Waals surface area contributed by atoms with Gasteiger partial charge < -0.3 is 4.90 Å². The van der Waals surface area contributed by atoms with Crippen LogP contribution in [-0.2, 0) is 6.54 Å². The summed E-state index contributed by atoms with van der Waals surface area (Å²) in [6.45, 7) is 5.20. The van der Waals surface area contributed by atoms with E-state index in [2.05, 4.69) is 36.3 Å². The Kier molecular flexibility index (Phi) is 4.40. The second kappa shape index (κ2) is 6.28. The van der Waals surface area contributed by atoms with Crippen LogP contribution >= 0.6 is 22.7 Å². The summed E-state index contributed by atoms with van der Waals surface area (Å²) in [7, 11) is 0. The van der Waals surface area contributed by atoms with Crippen molar-refractivity contribution < 1.29 is 4.79 Å². The SMILES string of the molecule is CCC(C)c1nc(N(Cc2cccs2)C2CC2)sc1C=O. The van der Waals surface area contributed by atoms with Crippen LogP contribution in [0.15, 0.2) is 17.5 Å². The van der Waals surface area contributed by atoms with E-state index in [9.17, 15) is 4.79 Å². The van der Waals surface area contributed by atoms with Gasteiger partial charge in [0, 0.05) is 10.9 Å². The molecule has 1 saturated carbocycles. The first-order chi connectivity index (χ1) is 10.2. The highest BCUT2D eigenvalue weighted by molar-refractivity contribution is 7.17. The number of hydrogen-bond acceptors (Lipinski definition) is 5. The van der Waals surface area contributed by atoms with Crippen LogP contribution in [0.4, 0.5) is 5.13 Å². The second-order valence-electron chi connectivity index (χ2n) is 5.61. The molecule has 1 fully saturated rings. The fourth-order valence-electron chi connectivity index (χ4n) is 2.39. The van der Waals surface area contributed by atoms with Gasteiger partial charge >= 0.3 is 0 Å². The van der Waals surface area contributed by atoms with E-state index in [0.29, 0.717) is 12.0 Å². The molecule has 21 heavy (non-hydrogen) atoms. The van der Waals surface area contributed by atoms with Crippen LogP contribution in [0, 0.1) is 0 Å². The Morgan fingerprint density at radius 3 is 2.90 bits per heavy atom. The van der Waals surface area contributed by atoms with Gasteiger partial charge in [-0.1, -0.05) is 31.3 Å². The van der Waals surface area contributed by atoms with Gasteiger partial charge in [-0.2, -0.15) is 0 Å². The third kappa shape index (κ3) is 3.19. The molecule has 3 rings (SSSR count). The Morgan fingerprint density at radius 1 is 1.52 bits per heavy atom. The maximum atomic E-state index is 11.3. The molecule has 112 valence electrons. The van der Waals surface area contributed by atoms with Gasteiger partial charge in [0.15, 0.2) is 11.4 Å². The number of aromatic nitrogens is 1. The zero-order valence-corrected chi connectivity index (χ0v) is 14.0. The first kappa shape index (κ1) is 14.7. The summed E-state index contributed by atoms with van der Waals surface area (Å²) in [5.74, 6) is 0.345. The summed E-state index contributed by atoms with van der Waals surface area (Å²) in [6.07, 6.45) is 4.46. The predicted octanol–water partition coefficient (Wildman–Crippen LogP) is 4.70. The summed E-state index contributed by atoms with van der Waals surface area (Å²) >= 11 is 3.34. The molecule has 1 aliphatic rings. The van der Waals surface area contributed by atoms with E-state index in [-0.39, 0.29) is 0 Å². The molecule has 0 radical (unpaired) electrons. The van der Waals surface area contributed by atoms with Crippen molar-refractivity contribution in [1.29, 1.82) is 0 Å². The highest BCUT2D eigenvalue weighted by Crippen LogP contribution is 2.38. The van der Waals surface area contributed by atoms with Crippen molar-refractivity contribution in [2.24, 2.45) is 0 Å². The Balaban J connectivity index is 1.88. The first-order valence-electron chi connectivity index (χ1n) is 7.47. The molecule has 0 aliphatic heterocycles. The third-order valence-electron chi connectivity index (χ3n) is 4.00. The lowest BCUT2D eigenvalue weighted by molar-refractivity contribution is 0.112. The number of thiazole rings is 1. The molecule has 2 heterocycles. The Morgan fingerprint density at radius 2 is 2.33 bits per heavy atom. The Labute approximate surface area is 133 Å². The van der Waals surface area contributed by atoms with Crippen LogP contribution in [-0.4, -0.2) is 17.3 Å². The minimum atomic E-state index is 0.345. The fourth-order valence-corrected chi connectivity index (χ4v) is 4.17. The van der Waals surface area contributed by atoms with Crippen LogP contribution in [0.2, 0.25) is 0 Å². The van der Waals surface area contributed by atoms with Crippen LogP contribution in [0.1, 0.15) is 59.3 Å². The van der Waals surface area contributed by atoms with Crippen molar-refractivity contribution in [3.63, 3.8) is 0 Å². The van der Waals surface area contributed by atoms with Gasteiger partial charge in [0.25, 0.3) is 0 Å². The van der Waals surface area contributed by atoms with Crippen molar-refractivity contribution in [2.45, 2.75) is 51.6 Å². The Bertz CT molecular complexity index is 602. The van der Waals surface area contributed by atoms with E-state index < -0.39 is 0 Å². The van der Waals surface area contributed by atoms with Gasteiger partial charge in [0.2, 0.25) is 0 Å². The number of thiophene rings is 1. The van der Waals surface area contributed by atoms with Crippen molar-refractivity contribution >= 4 is 34.1 Å². The summed E-state index contributed by atoms with van der Waals surface area (Å²) in [5.41, 5.74) is 0.976. The molecule has 1 unspecified atom stereocenters. The number of anilines is 1.